The van der Waals surface area contributed by atoms with Gasteiger partial charge in [-0.25, -0.2) is 0 Å². The Balaban J connectivity index is 1.80. The van der Waals surface area contributed by atoms with E-state index >= 15 is 0 Å². The van der Waals surface area contributed by atoms with Gasteiger partial charge < -0.3 is 0 Å². The zero-order chi connectivity index (χ0) is 16.4. The summed E-state index contributed by atoms with van der Waals surface area (Å²) < 4.78 is 0. The summed E-state index contributed by atoms with van der Waals surface area (Å²) in [6, 6.07) is 0. The third-order valence-electron chi connectivity index (χ3n) is 7.50. The van der Waals surface area contributed by atoms with Gasteiger partial charge in [-0.05, 0) is 86.5 Å². The molecule has 0 aromatic heterocycles. The Morgan fingerprint density at radius 3 is 2.65 bits per heavy atom. The predicted molar refractivity (Wildman–Crippen MR) is 101 cm³/mol. The molecule has 4 atom stereocenters. The molecule has 3 fully saturated rings. The summed E-state index contributed by atoms with van der Waals surface area (Å²) in [6.45, 7) is 11.8. The molecule has 0 saturated heterocycles. The zero-order valence-corrected chi connectivity index (χ0v) is 15.7. The van der Waals surface area contributed by atoms with E-state index in [1.54, 1.807) is 5.57 Å². The van der Waals surface area contributed by atoms with Crippen LogP contribution in [0.4, 0.5) is 0 Å². The predicted octanol–water partition coefficient (Wildman–Crippen LogP) is 7.23. The van der Waals surface area contributed by atoms with E-state index in [0.29, 0.717) is 5.41 Å². The van der Waals surface area contributed by atoms with Crippen molar-refractivity contribution in [3.8, 4) is 0 Å². The largest absolute Gasteiger partial charge is 0.0956 e. The fourth-order valence-corrected chi connectivity index (χ4v) is 5.90. The van der Waals surface area contributed by atoms with Crippen molar-refractivity contribution in [2.75, 3.05) is 0 Å². The van der Waals surface area contributed by atoms with Gasteiger partial charge in [0.25, 0.3) is 0 Å². The van der Waals surface area contributed by atoms with E-state index in [-0.39, 0.29) is 0 Å². The van der Waals surface area contributed by atoms with Crippen molar-refractivity contribution in [1.82, 2.24) is 0 Å². The van der Waals surface area contributed by atoms with Crippen LogP contribution in [-0.2, 0) is 0 Å². The highest BCUT2D eigenvalue weighted by Gasteiger charge is 2.50. The first kappa shape index (κ1) is 17.1. The zero-order valence-electron chi connectivity index (χ0n) is 15.7. The molecule has 3 rings (SSSR count). The summed E-state index contributed by atoms with van der Waals surface area (Å²) in [5.74, 6) is 2.68. The topological polar surface area (TPSA) is 0 Å². The molecule has 0 nitrogen and oxygen atoms in total. The molecular weight excluding hydrogens is 276 g/mol. The van der Waals surface area contributed by atoms with Crippen LogP contribution in [0, 0.1) is 23.2 Å². The molecule has 3 aliphatic rings. The van der Waals surface area contributed by atoms with Gasteiger partial charge in [0.15, 0.2) is 0 Å². The Bertz CT molecular complexity index is 506. The minimum Gasteiger partial charge on any atom is -0.0956 e. The van der Waals surface area contributed by atoms with Crippen molar-refractivity contribution >= 4 is 0 Å². The van der Waals surface area contributed by atoms with Gasteiger partial charge in [-0.2, -0.15) is 0 Å². The highest BCUT2D eigenvalue weighted by Crippen LogP contribution is 2.59. The standard InChI is InChI=1S/C23H36/c1-5-17(2)21-14-15-22-20(11-8-16-23(21,22)4)13-12-19-10-7-6-9-18(19)3/h12-13,17,21-22H,3,5-11,14-16H2,1-2,4H3/b19-12-,20-13+. The van der Waals surface area contributed by atoms with Gasteiger partial charge in [-0.3, -0.25) is 0 Å². The number of rotatable bonds is 3. The minimum absolute atomic E-state index is 0.571. The van der Waals surface area contributed by atoms with Crippen LogP contribution in [0.2, 0.25) is 0 Å². The molecule has 0 aromatic carbocycles. The average molecular weight is 313 g/mol. The van der Waals surface area contributed by atoms with E-state index in [2.05, 4.69) is 39.5 Å². The van der Waals surface area contributed by atoms with Gasteiger partial charge in [-0.1, -0.05) is 57.1 Å². The quantitative estimate of drug-likeness (QED) is 0.515. The van der Waals surface area contributed by atoms with Gasteiger partial charge in [0.05, 0.1) is 0 Å². The summed E-state index contributed by atoms with van der Waals surface area (Å²) in [4.78, 5) is 0. The van der Waals surface area contributed by atoms with Crippen LogP contribution < -0.4 is 0 Å². The van der Waals surface area contributed by atoms with Crippen molar-refractivity contribution in [2.45, 2.75) is 85.0 Å². The summed E-state index contributed by atoms with van der Waals surface area (Å²) in [5.41, 5.74) is 5.26. The Hall–Kier alpha value is -0.780. The van der Waals surface area contributed by atoms with E-state index in [0.717, 1.165) is 17.8 Å². The summed E-state index contributed by atoms with van der Waals surface area (Å²) in [5, 5.41) is 0. The fraction of sp³-hybridized carbons (Fsp3) is 0.739. The molecule has 0 spiro atoms. The summed E-state index contributed by atoms with van der Waals surface area (Å²) in [7, 11) is 0. The lowest BCUT2D eigenvalue weighted by molar-refractivity contribution is 0.0961. The van der Waals surface area contributed by atoms with Crippen LogP contribution in [0.5, 0.6) is 0 Å². The second-order valence-electron chi connectivity index (χ2n) is 8.73. The van der Waals surface area contributed by atoms with Gasteiger partial charge >= 0.3 is 0 Å². The molecule has 0 amide bonds. The van der Waals surface area contributed by atoms with E-state index in [1.807, 2.05) is 0 Å². The molecule has 0 heterocycles. The number of allylic oxidation sites excluding steroid dienone is 5. The molecule has 3 aliphatic carbocycles. The first-order valence-electron chi connectivity index (χ1n) is 10.1. The molecule has 128 valence electrons. The van der Waals surface area contributed by atoms with Crippen LogP contribution in [-0.4, -0.2) is 0 Å². The lowest BCUT2D eigenvalue weighted by Gasteiger charge is -2.44. The summed E-state index contributed by atoms with van der Waals surface area (Å²) >= 11 is 0. The molecule has 23 heavy (non-hydrogen) atoms. The maximum Gasteiger partial charge on any atom is -0.0143 e. The van der Waals surface area contributed by atoms with Crippen LogP contribution in [0.3, 0.4) is 0 Å². The second kappa shape index (κ2) is 6.99. The molecule has 0 radical (unpaired) electrons. The van der Waals surface area contributed by atoms with Crippen molar-refractivity contribution in [3.05, 3.63) is 35.5 Å². The van der Waals surface area contributed by atoms with Crippen LogP contribution in [0.25, 0.3) is 0 Å². The molecule has 3 saturated carbocycles. The normalized spacial score (nSPS) is 39.7. The van der Waals surface area contributed by atoms with Crippen molar-refractivity contribution < 1.29 is 0 Å². The molecule has 0 aliphatic heterocycles. The fourth-order valence-electron chi connectivity index (χ4n) is 5.90. The van der Waals surface area contributed by atoms with Crippen molar-refractivity contribution in [1.29, 1.82) is 0 Å². The van der Waals surface area contributed by atoms with Gasteiger partial charge in [0.1, 0.15) is 0 Å². The molecule has 4 unspecified atom stereocenters. The second-order valence-corrected chi connectivity index (χ2v) is 8.73. The lowest BCUT2D eigenvalue weighted by Crippen LogP contribution is -2.35. The van der Waals surface area contributed by atoms with E-state index in [1.165, 1.54) is 75.4 Å². The van der Waals surface area contributed by atoms with Gasteiger partial charge in [0, 0.05) is 0 Å². The van der Waals surface area contributed by atoms with Crippen LogP contribution in [0.1, 0.15) is 85.0 Å². The Kier molecular flexibility index (Phi) is 5.19. The van der Waals surface area contributed by atoms with E-state index in [9.17, 15) is 0 Å². The lowest BCUT2D eigenvalue weighted by atomic mass is 9.61. The first-order valence-corrected chi connectivity index (χ1v) is 10.1. The van der Waals surface area contributed by atoms with Crippen molar-refractivity contribution in [2.24, 2.45) is 23.2 Å². The van der Waals surface area contributed by atoms with E-state index < -0.39 is 0 Å². The smallest absolute Gasteiger partial charge is 0.0143 e. The monoisotopic (exact) mass is 312 g/mol. The Labute approximate surface area is 144 Å². The third kappa shape index (κ3) is 3.24. The van der Waals surface area contributed by atoms with Crippen LogP contribution in [0.15, 0.2) is 35.5 Å². The van der Waals surface area contributed by atoms with Gasteiger partial charge in [-0.15, -0.1) is 0 Å². The molecule has 0 aromatic rings. The first-order chi connectivity index (χ1) is 11.1. The van der Waals surface area contributed by atoms with E-state index in [4.69, 9.17) is 0 Å². The maximum atomic E-state index is 4.29. The SMILES string of the molecule is C=C1CCCC/C1=C/C=C1\CCCC2(C)C1CCC2C(C)CC. The number of hydrogen-bond donors (Lipinski definition) is 0. The molecule has 0 N–H and O–H groups in total. The highest BCUT2D eigenvalue weighted by molar-refractivity contribution is 5.35. The third-order valence-corrected chi connectivity index (χ3v) is 7.50. The molecular formula is C23H36. The molecule has 0 bridgehead atoms. The average Bonchev–Trinajstić information content (AvgIpc) is 2.91. The Morgan fingerprint density at radius 2 is 1.91 bits per heavy atom. The highest BCUT2D eigenvalue weighted by atomic mass is 14.5. The summed E-state index contributed by atoms with van der Waals surface area (Å²) in [6.07, 6.45) is 18.5. The Morgan fingerprint density at radius 1 is 1.13 bits per heavy atom. The number of hydrogen-bond acceptors (Lipinski definition) is 0. The van der Waals surface area contributed by atoms with Crippen LogP contribution >= 0.6 is 0 Å². The number of fused-ring (bicyclic) bond motifs is 1. The minimum atomic E-state index is 0.571. The van der Waals surface area contributed by atoms with Gasteiger partial charge in [0.2, 0.25) is 0 Å². The maximum absolute atomic E-state index is 4.29. The van der Waals surface area contributed by atoms with Crippen molar-refractivity contribution in [3.63, 3.8) is 0 Å². The molecule has 0 heteroatoms.